The van der Waals surface area contributed by atoms with Gasteiger partial charge in [-0.1, -0.05) is 19.3 Å². The largest absolute Gasteiger partial charge is 0.388 e. The highest BCUT2D eigenvalue weighted by molar-refractivity contribution is 5.78. The first-order chi connectivity index (χ1) is 10.0. The van der Waals surface area contributed by atoms with E-state index in [1.54, 1.807) is 0 Å². The Kier molecular flexibility index (Phi) is 6.02. The Bertz CT molecular complexity index is 336. The van der Waals surface area contributed by atoms with Gasteiger partial charge in [-0.25, -0.2) is 0 Å². The molecule has 2 rings (SSSR count). The molecular weight excluding hydrogens is 268 g/mol. The Labute approximate surface area is 128 Å². The molecule has 1 heterocycles. The minimum atomic E-state index is -0.698. The smallest absolute Gasteiger partial charge is 0.236 e. The third kappa shape index (κ3) is 4.94. The molecule has 0 unspecified atom stereocenters. The zero-order valence-corrected chi connectivity index (χ0v) is 13.5. The number of amides is 1. The predicted molar refractivity (Wildman–Crippen MR) is 82.1 cm³/mol. The summed E-state index contributed by atoms with van der Waals surface area (Å²) in [6, 6.07) is 0.408. The van der Waals surface area contributed by atoms with Crippen molar-refractivity contribution in [3.63, 3.8) is 0 Å². The van der Waals surface area contributed by atoms with E-state index in [2.05, 4.69) is 0 Å². The Hall–Kier alpha value is -0.650. The quantitative estimate of drug-likeness (QED) is 0.830. The molecule has 1 amide bonds. The molecule has 0 bridgehead atoms. The van der Waals surface area contributed by atoms with Crippen LogP contribution in [0.3, 0.4) is 0 Å². The van der Waals surface area contributed by atoms with E-state index >= 15 is 0 Å². The minimum absolute atomic E-state index is 0.167. The first kappa shape index (κ1) is 16.7. The molecule has 1 saturated carbocycles. The lowest BCUT2D eigenvalue weighted by Crippen LogP contribution is -2.49. The number of rotatable bonds is 5. The third-order valence-electron chi connectivity index (χ3n) is 4.91. The van der Waals surface area contributed by atoms with E-state index in [9.17, 15) is 9.90 Å². The van der Waals surface area contributed by atoms with Gasteiger partial charge >= 0.3 is 0 Å². The molecule has 21 heavy (non-hydrogen) atoms. The van der Waals surface area contributed by atoms with Crippen molar-refractivity contribution in [1.29, 1.82) is 0 Å². The lowest BCUT2D eigenvalue weighted by atomic mass is 9.93. The van der Waals surface area contributed by atoms with Crippen molar-refractivity contribution in [2.45, 2.75) is 56.6 Å². The Morgan fingerprint density at radius 2 is 1.81 bits per heavy atom. The maximum Gasteiger partial charge on any atom is 0.236 e. The van der Waals surface area contributed by atoms with Crippen LogP contribution in [0, 0.1) is 0 Å². The molecule has 1 N–H and O–H groups in total. The molecule has 2 fully saturated rings. The maximum absolute atomic E-state index is 12.4. The van der Waals surface area contributed by atoms with Gasteiger partial charge in [0, 0.05) is 45.7 Å². The zero-order chi connectivity index (χ0) is 15.3. The van der Waals surface area contributed by atoms with Crippen LogP contribution >= 0.6 is 0 Å². The van der Waals surface area contributed by atoms with Gasteiger partial charge in [-0.3, -0.25) is 9.69 Å². The topological polar surface area (TPSA) is 53.0 Å². The lowest BCUT2D eigenvalue weighted by Gasteiger charge is -2.36. The Morgan fingerprint density at radius 1 is 1.19 bits per heavy atom. The summed E-state index contributed by atoms with van der Waals surface area (Å²) in [4.78, 5) is 16.2. The van der Waals surface area contributed by atoms with Gasteiger partial charge in [0.1, 0.15) is 0 Å². The van der Waals surface area contributed by atoms with E-state index in [-0.39, 0.29) is 5.91 Å². The Morgan fingerprint density at radius 3 is 2.43 bits per heavy atom. The number of aliphatic hydroxyl groups is 1. The molecular formula is C16H30N2O3. The molecule has 0 spiro atoms. The molecule has 1 aliphatic heterocycles. The summed E-state index contributed by atoms with van der Waals surface area (Å²) in [5.74, 6) is 0.167. The number of hydrogen-bond donors (Lipinski definition) is 1. The number of carbonyl (C=O) groups excluding carboxylic acids is 1. The number of ether oxygens (including phenoxy) is 1. The van der Waals surface area contributed by atoms with Crippen molar-refractivity contribution < 1.29 is 14.6 Å². The normalized spacial score (nSPS) is 23.2. The van der Waals surface area contributed by atoms with Gasteiger partial charge in [-0.2, -0.15) is 0 Å². The number of nitrogens with zero attached hydrogens (tertiary/aromatic N) is 2. The summed E-state index contributed by atoms with van der Waals surface area (Å²) in [5, 5.41) is 10.5. The van der Waals surface area contributed by atoms with E-state index in [1.165, 1.54) is 19.3 Å². The van der Waals surface area contributed by atoms with Gasteiger partial charge in [0.2, 0.25) is 5.91 Å². The number of likely N-dealkylation sites (N-methyl/N-ethyl adjacent to an activating group) is 2. The van der Waals surface area contributed by atoms with Crippen molar-refractivity contribution in [3.05, 3.63) is 0 Å². The van der Waals surface area contributed by atoms with Gasteiger partial charge in [0.15, 0.2) is 0 Å². The van der Waals surface area contributed by atoms with Gasteiger partial charge in [-0.15, -0.1) is 0 Å². The third-order valence-corrected chi connectivity index (χ3v) is 4.91. The van der Waals surface area contributed by atoms with E-state index in [0.717, 1.165) is 12.8 Å². The summed E-state index contributed by atoms with van der Waals surface area (Å²) in [6.07, 6.45) is 7.34. The summed E-state index contributed by atoms with van der Waals surface area (Å²) in [6.45, 7) is 2.15. The van der Waals surface area contributed by atoms with Gasteiger partial charge in [0.05, 0.1) is 12.1 Å². The first-order valence-corrected chi connectivity index (χ1v) is 8.24. The zero-order valence-electron chi connectivity index (χ0n) is 13.5. The fraction of sp³-hybridized carbons (Fsp3) is 0.938. The monoisotopic (exact) mass is 298 g/mol. The second kappa shape index (κ2) is 7.56. The summed E-state index contributed by atoms with van der Waals surface area (Å²) in [7, 11) is 3.84. The molecule has 0 radical (unpaired) electrons. The van der Waals surface area contributed by atoms with E-state index < -0.39 is 5.60 Å². The molecule has 0 atom stereocenters. The molecule has 0 aromatic carbocycles. The minimum Gasteiger partial charge on any atom is -0.388 e. The first-order valence-electron chi connectivity index (χ1n) is 8.24. The maximum atomic E-state index is 12.4. The van der Waals surface area contributed by atoms with Crippen molar-refractivity contribution in [3.8, 4) is 0 Å². The predicted octanol–water partition coefficient (Wildman–Crippen LogP) is 1.25. The van der Waals surface area contributed by atoms with Gasteiger partial charge in [0.25, 0.3) is 0 Å². The van der Waals surface area contributed by atoms with Crippen molar-refractivity contribution in [2.75, 3.05) is 40.4 Å². The SMILES string of the molecule is CN(CC(=O)N(C)C1CCCCC1)CC1(O)CCOCC1. The molecule has 0 aromatic heterocycles. The number of hydrogen-bond acceptors (Lipinski definition) is 4. The van der Waals surface area contributed by atoms with Crippen LogP contribution in [-0.2, 0) is 9.53 Å². The van der Waals surface area contributed by atoms with Crippen LogP contribution in [0.15, 0.2) is 0 Å². The Balaban J connectivity index is 1.78. The van der Waals surface area contributed by atoms with Crippen molar-refractivity contribution in [2.24, 2.45) is 0 Å². The van der Waals surface area contributed by atoms with Crippen LogP contribution in [0.1, 0.15) is 44.9 Å². The summed E-state index contributed by atoms with van der Waals surface area (Å²) in [5.41, 5.74) is -0.698. The molecule has 122 valence electrons. The molecule has 5 nitrogen and oxygen atoms in total. The van der Waals surface area contributed by atoms with Crippen molar-refractivity contribution in [1.82, 2.24) is 9.80 Å². The summed E-state index contributed by atoms with van der Waals surface area (Å²) < 4.78 is 5.29. The fourth-order valence-electron chi connectivity index (χ4n) is 3.48. The van der Waals surface area contributed by atoms with Crippen LogP contribution in [0.4, 0.5) is 0 Å². The average Bonchev–Trinajstić information content (AvgIpc) is 2.47. The van der Waals surface area contributed by atoms with Gasteiger partial charge in [-0.05, 0) is 19.9 Å². The molecule has 1 saturated heterocycles. The highest BCUT2D eigenvalue weighted by Crippen LogP contribution is 2.23. The van der Waals surface area contributed by atoms with Crippen LogP contribution in [0.25, 0.3) is 0 Å². The van der Waals surface area contributed by atoms with E-state index in [1.807, 2.05) is 23.9 Å². The lowest BCUT2D eigenvalue weighted by molar-refractivity contribution is -0.135. The van der Waals surface area contributed by atoms with Crippen molar-refractivity contribution >= 4 is 5.91 Å². The van der Waals surface area contributed by atoms with Crippen LogP contribution in [0.5, 0.6) is 0 Å². The number of carbonyl (C=O) groups is 1. The van der Waals surface area contributed by atoms with Crippen LogP contribution in [0.2, 0.25) is 0 Å². The molecule has 1 aliphatic carbocycles. The fourth-order valence-corrected chi connectivity index (χ4v) is 3.48. The highest BCUT2D eigenvalue weighted by atomic mass is 16.5. The van der Waals surface area contributed by atoms with Crippen LogP contribution < -0.4 is 0 Å². The van der Waals surface area contributed by atoms with E-state index in [0.29, 0.717) is 45.2 Å². The highest BCUT2D eigenvalue weighted by Gasteiger charge is 2.32. The second-order valence-electron chi connectivity index (χ2n) is 6.81. The summed E-state index contributed by atoms with van der Waals surface area (Å²) >= 11 is 0. The standard InChI is InChI=1S/C16H30N2O3/c1-17(13-16(20)8-10-21-11-9-16)12-15(19)18(2)14-6-4-3-5-7-14/h14,20H,3-13H2,1-2H3. The van der Waals surface area contributed by atoms with Gasteiger partial charge < -0.3 is 14.7 Å². The van der Waals surface area contributed by atoms with E-state index in [4.69, 9.17) is 4.74 Å². The molecule has 2 aliphatic rings. The molecule has 5 heteroatoms. The van der Waals surface area contributed by atoms with Crippen LogP contribution in [-0.4, -0.2) is 72.9 Å². The average molecular weight is 298 g/mol. The second-order valence-corrected chi connectivity index (χ2v) is 6.81. The molecule has 0 aromatic rings.